The summed E-state index contributed by atoms with van der Waals surface area (Å²) in [4.78, 5) is 14.6. The zero-order valence-corrected chi connectivity index (χ0v) is 12.3. The van der Waals surface area contributed by atoms with Crippen LogP contribution in [0.1, 0.15) is 59.8 Å². The number of carbonyl (C=O) groups is 1. The number of nitrogens with zero attached hydrogens (tertiary/aromatic N) is 1. The van der Waals surface area contributed by atoms with Crippen LogP contribution in [0.3, 0.4) is 0 Å². The summed E-state index contributed by atoms with van der Waals surface area (Å²) in [6.45, 7) is 9.79. The fourth-order valence-electron chi connectivity index (χ4n) is 3.09. The summed E-state index contributed by atoms with van der Waals surface area (Å²) in [5.41, 5.74) is 0.450. The number of amides is 1. The molecule has 1 aliphatic heterocycles. The van der Waals surface area contributed by atoms with Gasteiger partial charge >= 0.3 is 0 Å². The van der Waals surface area contributed by atoms with Gasteiger partial charge in [0.2, 0.25) is 5.91 Å². The third-order valence-electron chi connectivity index (χ3n) is 4.71. The maximum absolute atomic E-state index is 12.5. The lowest BCUT2D eigenvalue weighted by molar-refractivity contribution is -0.131. The van der Waals surface area contributed by atoms with Gasteiger partial charge in [-0.1, -0.05) is 34.1 Å². The maximum Gasteiger partial charge on any atom is 0.241 e. The monoisotopic (exact) mass is 252 g/mol. The average molecular weight is 252 g/mol. The normalized spacial score (nSPS) is 30.3. The second-order valence-electron chi connectivity index (χ2n) is 6.52. The molecule has 2 aliphatic rings. The van der Waals surface area contributed by atoms with Gasteiger partial charge in [0.05, 0.1) is 12.2 Å². The van der Waals surface area contributed by atoms with E-state index in [1.54, 1.807) is 0 Å². The second kappa shape index (κ2) is 5.20. The Kier molecular flexibility index (Phi) is 4.00. The second-order valence-corrected chi connectivity index (χ2v) is 6.52. The summed E-state index contributed by atoms with van der Waals surface area (Å²) in [5, 5.41) is 3.54. The SMILES string of the molecule is CCCC1NC(C(C)C)N(CC2(CC)CC2)C1=O. The third kappa shape index (κ3) is 2.56. The van der Waals surface area contributed by atoms with Crippen LogP contribution in [0.15, 0.2) is 0 Å². The molecule has 0 bridgehead atoms. The highest BCUT2D eigenvalue weighted by molar-refractivity contribution is 5.84. The quantitative estimate of drug-likeness (QED) is 0.788. The average Bonchev–Trinajstić information content (AvgIpc) is 3.05. The summed E-state index contributed by atoms with van der Waals surface area (Å²) < 4.78 is 0. The van der Waals surface area contributed by atoms with Gasteiger partial charge in [0, 0.05) is 6.54 Å². The minimum atomic E-state index is 0.0649. The predicted octanol–water partition coefficient (Wildman–Crippen LogP) is 2.76. The molecule has 2 unspecified atom stereocenters. The highest BCUT2D eigenvalue weighted by atomic mass is 16.2. The van der Waals surface area contributed by atoms with Crippen LogP contribution in [-0.4, -0.2) is 29.6 Å². The molecular formula is C15H28N2O. The molecule has 0 aromatic heterocycles. The largest absolute Gasteiger partial charge is 0.325 e. The first-order valence-electron chi connectivity index (χ1n) is 7.59. The van der Waals surface area contributed by atoms with E-state index in [0.717, 1.165) is 19.4 Å². The van der Waals surface area contributed by atoms with E-state index in [2.05, 4.69) is 37.9 Å². The first-order valence-corrected chi connectivity index (χ1v) is 7.59. The van der Waals surface area contributed by atoms with E-state index in [0.29, 0.717) is 17.2 Å². The van der Waals surface area contributed by atoms with Crippen molar-refractivity contribution in [2.75, 3.05) is 6.54 Å². The van der Waals surface area contributed by atoms with Crippen LogP contribution >= 0.6 is 0 Å². The number of nitrogens with one attached hydrogen (secondary N) is 1. The fourth-order valence-corrected chi connectivity index (χ4v) is 3.09. The van der Waals surface area contributed by atoms with Gasteiger partial charge in [0.25, 0.3) is 0 Å². The van der Waals surface area contributed by atoms with Crippen molar-refractivity contribution < 1.29 is 4.79 Å². The summed E-state index contributed by atoms with van der Waals surface area (Å²) in [6, 6.07) is 0.0649. The molecule has 1 saturated carbocycles. The highest BCUT2D eigenvalue weighted by Gasteiger charge is 2.48. The standard InChI is InChI=1S/C15H28N2O/c1-5-7-12-14(18)17(13(16-12)11(3)4)10-15(6-2)8-9-15/h11-13,16H,5-10H2,1-4H3. The Morgan fingerprint density at radius 2 is 2.06 bits per heavy atom. The molecular weight excluding hydrogens is 224 g/mol. The van der Waals surface area contributed by atoms with Crippen LogP contribution in [0.25, 0.3) is 0 Å². The first-order chi connectivity index (χ1) is 8.53. The van der Waals surface area contributed by atoms with Crippen LogP contribution in [0, 0.1) is 11.3 Å². The van der Waals surface area contributed by atoms with Crippen molar-refractivity contribution >= 4 is 5.91 Å². The minimum Gasteiger partial charge on any atom is -0.325 e. The van der Waals surface area contributed by atoms with Crippen molar-refractivity contribution in [2.24, 2.45) is 11.3 Å². The third-order valence-corrected chi connectivity index (χ3v) is 4.71. The van der Waals surface area contributed by atoms with Crippen LogP contribution in [0.4, 0.5) is 0 Å². The van der Waals surface area contributed by atoms with Gasteiger partial charge in [-0.3, -0.25) is 10.1 Å². The first kappa shape index (κ1) is 13.9. The molecule has 3 heteroatoms. The van der Waals surface area contributed by atoms with Crippen molar-refractivity contribution in [2.45, 2.75) is 72.0 Å². The Balaban J connectivity index is 2.07. The Morgan fingerprint density at radius 3 is 2.50 bits per heavy atom. The van der Waals surface area contributed by atoms with Crippen molar-refractivity contribution in [1.82, 2.24) is 10.2 Å². The smallest absolute Gasteiger partial charge is 0.241 e. The van der Waals surface area contributed by atoms with Crippen LogP contribution in [-0.2, 0) is 4.79 Å². The lowest BCUT2D eigenvalue weighted by atomic mass is 10.0. The molecule has 2 atom stereocenters. The number of carbonyl (C=O) groups excluding carboxylic acids is 1. The van der Waals surface area contributed by atoms with E-state index in [-0.39, 0.29) is 12.2 Å². The molecule has 2 fully saturated rings. The molecule has 0 spiro atoms. The zero-order chi connectivity index (χ0) is 13.3. The van der Waals surface area contributed by atoms with E-state index in [1.165, 1.54) is 19.3 Å². The molecule has 18 heavy (non-hydrogen) atoms. The van der Waals surface area contributed by atoms with E-state index in [1.807, 2.05) is 0 Å². The van der Waals surface area contributed by atoms with E-state index in [9.17, 15) is 4.79 Å². The molecule has 3 nitrogen and oxygen atoms in total. The Bertz CT molecular complexity index is 310. The van der Waals surface area contributed by atoms with Gasteiger partial charge in [-0.15, -0.1) is 0 Å². The van der Waals surface area contributed by atoms with Gasteiger partial charge in [-0.2, -0.15) is 0 Å². The minimum absolute atomic E-state index is 0.0649. The molecule has 1 N–H and O–H groups in total. The van der Waals surface area contributed by atoms with E-state index in [4.69, 9.17) is 0 Å². The van der Waals surface area contributed by atoms with Gasteiger partial charge in [-0.05, 0) is 37.0 Å². The van der Waals surface area contributed by atoms with Gasteiger partial charge in [0.15, 0.2) is 0 Å². The Labute approximate surface area is 111 Å². The molecule has 0 radical (unpaired) electrons. The van der Waals surface area contributed by atoms with Crippen molar-refractivity contribution in [3.63, 3.8) is 0 Å². The molecule has 1 amide bonds. The van der Waals surface area contributed by atoms with E-state index < -0.39 is 0 Å². The van der Waals surface area contributed by atoms with Gasteiger partial charge in [0.1, 0.15) is 0 Å². The molecule has 104 valence electrons. The van der Waals surface area contributed by atoms with Crippen molar-refractivity contribution in [1.29, 1.82) is 0 Å². The Morgan fingerprint density at radius 1 is 1.39 bits per heavy atom. The van der Waals surface area contributed by atoms with E-state index >= 15 is 0 Å². The summed E-state index contributed by atoms with van der Waals surface area (Å²) in [5.74, 6) is 0.832. The number of hydrogen-bond donors (Lipinski definition) is 1. The zero-order valence-electron chi connectivity index (χ0n) is 12.3. The Hall–Kier alpha value is -0.570. The molecule has 1 aliphatic carbocycles. The van der Waals surface area contributed by atoms with Gasteiger partial charge in [-0.25, -0.2) is 0 Å². The maximum atomic E-state index is 12.5. The summed E-state index contributed by atoms with van der Waals surface area (Å²) in [7, 11) is 0. The lowest BCUT2D eigenvalue weighted by Gasteiger charge is -2.30. The highest BCUT2D eigenvalue weighted by Crippen LogP contribution is 2.49. The molecule has 0 aromatic carbocycles. The van der Waals surface area contributed by atoms with Crippen molar-refractivity contribution in [3.05, 3.63) is 0 Å². The number of rotatable bonds is 6. The van der Waals surface area contributed by atoms with Crippen LogP contribution < -0.4 is 5.32 Å². The molecule has 1 heterocycles. The fraction of sp³-hybridized carbons (Fsp3) is 0.933. The van der Waals surface area contributed by atoms with Crippen LogP contribution in [0.5, 0.6) is 0 Å². The topological polar surface area (TPSA) is 32.3 Å². The molecule has 0 aromatic rings. The summed E-state index contributed by atoms with van der Waals surface area (Å²) >= 11 is 0. The number of hydrogen-bond acceptors (Lipinski definition) is 2. The summed E-state index contributed by atoms with van der Waals surface area (Å²) in [6.07, 6.45) is 6.10. The molecule has 2 rings (SSSR count). The van der Waals surface area contributed by atoms with Gasteiger partial charge < -0.3 is 4.90 Å². The van der Waals surface area contributed by atoms with Crippen LogP contribution in [0.2, 0.25) is 0 Å². The van der Waals surface area contributed by atoms with Crippen molar-refractivity contribution in [3.8, 4) is 0 Å². The lowest BCUT2D eigenvalue weighted by Crippen LogP contribution is -2.44. The molecule has 1 saturated heterocycles. The predicted molar refractivity (Wildman–Crippen MR) is 74.1 cm³/mol.